The van der Waals surface area contributed by atoms with Crippen LogP contribution in [0.25, 0.3) is 0 Å². The number of rotatable bonds is 5. The molecular formula is C16H22ClN3O2. The number of carbonyl (C=O) groups excluding carboxylic acids is 2. The fraction of sp³-hybridized carbons (Fsp3) is 0.500. The molecule has 0 aliphatic carbocycles. The number of nitrogens with zero attached hydrogens (tertiary/aromatic N) is 1. The van der Waals surface area contributed by atoms with Gasteiger partial charge in [-0.25, -0.2) is 0 Å². The van der Waals surface area contributed by atoms with Crippen molar-refractivity contribution in [3.05, 3.63) is 34.9 Å². The third-order valence-corrected chi connectivity index (χ3v) is 3.95. The number of nitrogens with one attached hydrogen (secondary N) is 2. The van der Waals surface area contributed by atoms with Gasteiger partial charge in [-0.2, -0.15) is 0 Å². The second-order valence-corrected chi connectivity index (χ2v) is 5.83. The van der Waals surface area contributed by atoms with Crippen molar-refractivity contribution in [2.75, 3.05) is 26.2 Å². The van der Waals surface area contributed by atoms with Crippen LogP contribution in [0.1, 0.15) is 31.4 Å². The second kappa shape index (κ2) is 8.15. The first-order chi connectivity index (χ1) is 10.6. The summed E-state index contributed by atoms with van der Waals surface area (Å²) in [6, 6.07) is 7.51. The van der Waals surface area contributed by atoms with Crippen LogP contribution in [0.5, 0.6) is 0 Å². The topological polar surface area (TPSA) is 61.4 Å². The normalized spacial score (nSPS) is 18.1. The molecule has 1 atom stereocenters. The van der Waals surface area contributed by atoms with Crippen molar-refractivity contribution in [1.82, 2.24) is 15.5 Å². The predicted octanol–water partition coefficient (Wildman–Crippen LogP) is 1.73. The zero-order chi connectivity index (χ0) is 15.9. The van der Waals surface area contributed by atoms with Crippen molar-refractivity contribution >= 4 is 23.4 Å². The summed E-state index contributed by atoms with van der Waals surface area (Å²) in [6.07, 6.45) is 1.23. The van der Waals surface area contributed by atoms with Gasteiger partial charge in [0.05, 0.1) is 12.6 Å². The molecule has 1 unspecified atom stereocenters. The lowest BCUT2D eigenvalue weighted by Gasteiger charge is -2.36. The summed E-state index contributed by atoms with van der Waals surface area (Å²) >= 11 is 6.05. The van der Waals surface area contributed by atoms with Gasteiger partial charge in [-0.05, 0) is 24.1 Å². The molecule has 2 rings (SSSR count). The van der Waals surface area contributed by atoms with E-state index in [9.17, 15) is 9.59 Å². The Morgan fingerprint density at radius 1 is 1.45 bits per heavy atom. The summed E-state index contributed by atoms with van der Waals surface area (Å²) in [5.74, 6) is -0.138. The number of hydrogen-bond acceptors (Lipinski definition) is 3. The maximum Gasteiger partial charge on any atom is 0.242 e. The summed E-state index contributed by atoms with van der Waals surface area (Å²) in [7, 11) is 0. The summed E-state index contributed by atoms with van der Waals surface area (Å²) in [5.41, 5.74) is 1.01. The smallest absolute Gasteiger partial charge is 0.242 e. The van der Waals surface area contributed by atoms with Gasteiger partial charge in [0.1, 0.15) is 0 Å². The zero-order valence-corrected chi connectivity index (χ0v) is 13.5. The molecule has 6 heteroatoms. The van der Waals surface area contributed by atoms with Gasteiger partial charge in [-0.3, -0.25) is 9.59 Å². The summed E-state index contributed by atoms with van der Waals surface area (Å²) in [4.78, 5) is 25.8. The molecule has 1 aromatic carbocycles. The van der Waals surface area contributed by atoms with Crippen LogP contribution in [-0.4, -0.2) is 42.9 Å². The van der Waals surface area contributed by atoms with Gasteiger partial charge >= 0.3 is 0 Å². The number of carbonyl (C=O) groups is 2. The Morgan fingerprint density at radius 2 is 2.27 bits per heavy atom. The van der Waals surface area contributed by atoms with Gasteiger partial charge in [0, 0.05) is 31.1 Å². The first kappa shape index (κ1) is 16.8. The molecule has 1 aliphatic rings. The number of hydrogen-bond donors (Lipinski definition) is 2. The lowest BCUT2D eigenvalue weighted by molar-refractivity contribution is -0.135. The van der Waals surface area contributed by atoms with Crippen molar-refractivity contribution in [3.63, 3.8) is 0 Å². The van der Waals surface area contributed by atoms with Crippen LogP contribution >= 0.6 is 11.6 Å². The largest absolute Gasteiger partial charge is 0.347 e. The Hall–Kier alpha value is -1.59. The van der Waals surface area contributed by atoms with Gasteiger partial charge in [0.15, 0.2) is 0 Å². The molecular weight excluding hydrogens is 302 g/mol. The predicted molar refractivity (Wildman–Crippen MR) is 86.7 cm³/mol. The lowest BCUT2D eigenvalue weighted by atomic mass is 10.0. The maximum atomic E-state index is 12.4. The van der Waals surface area contributed by atoms with Gasteiger partial charge in [0.2, 0.25) is 11.8 Å². The minimum atomic E-state index is -0.0784. The molecule has 0 aromatic heterocycles. The Balaban J connectivity index is 2.03. The second-order valence-electron chi connectivity index (χ2n) is 5.39. The quantitative estimate of drug-likeness (QED) is 0.867. The van der Waals surface area contributed by atoms with E-state index in [1.807, 2.05) is 36.1 Å². The highest BCUT2D eigenvalue weighted by atomic mass is 35.5. The average molecular weight is 324 g/mol. The first-order valence-electron chi connectivity index (χ1n) is 7.64. The van der Waals surface area contributed by atoms with Crippen LogP contribution < -0.4 is 10.6 Å². The Bertz CT molecular complexity index is 536. The van der Waals surface area contributed by atoms with Gasteiger partial charge in [-0.1, -0.05) is 30.7 Å². The number of piperazine rings is 1. The van der Waals surface area contributed by atoms with Crippen LogP contribution in [0.15, 0.2) is 24.3 Å². The lowest BCUT2D eigenvalue weighted by Crippen LogP contribution is -2.51. The van der Waals surface area contributed by atoms with E-state index in [1.165, 1.54) is 0 Å². The summed E-state index contributed by atoms with van der Waals surface area (Å²) < 4.78 is 0. The van der Waals surface area contributed by atoms with Crippen molar-refractivity contribution in [3.8, 4) is 0 Å². The summed E-state index contributed by atoms with van der Waals surface area (Å²) in [5, 5.41) is 6.64. The van der Waals surface area contributed by atoms with Crippen LogP contribution in [-0.2, 0) is 9.59 Å². The third-order valence-electron chi connectivity index (χ3n) is 3.71. The number of halogens is 1. The molecule has 1 aromatic rings. The van der Waals surface area contributed by atoms with Crippen LogP contribution in [0.3, 0.4) is 0 Å². The Labute approximate surface area is 136 Å². The maximum absolute atomic E-state index is 12.4. The van der Waals surface area contributed by atoms with E-state index in [2.05, 4.69) is 10.6 Å². The van der Waals surface area contributed by atoms with Gasteiger partial charge in [0.25, 0.3) is 0 Å². The molecule has 120 valence electrons. The van der Waals surface area contributed by atoms with Crippen LogP contribution in [0, 0.1) is 0 Å². The van der Waals surface area contributed by atoms with E-state index in [0.29, 0.717) is 24.5 Å². The van der Waals surface area contributed by atoms with E-state index < -0.39 is 0 Å². The first-order valence-corrected chi connectivity index (χ1v) is 8.02. The number of amides is 2. The molecule has 5 nitrogen and oxygen atoms in total. The van der Waals surface area contributed by atoms with Gasteiger partial charge in [-0.15, -0.1) is 0 Å². The zero-order valence-electron chi connectivity index (χ0n) is 12.8. The van der Waals surface area contributed by atoms with E-state index in [4.69, 9.17) is 11.6 Å². The SMILES string of the molecule is CCCC(=O)NCC(=O)N1CCNCC1c1cccc(Cl)c1. The molecule has 0 saturated carbocycles. The molecule has 0 spiro atoms. The minimum Gasteiger partial charge on any atom is -0.347 e. The Morgan fingerprint density at radius 3 is 3.00 bits per heavy atom. The average Bonchev–Trinajstić information content (AvgIpc) is 2.53. The molecule has 0 radical (unpaired) electrons. The van der Waals surface area contributed by atoms with Crippen LogP contribution in [0.2, 0.25) is 5.02 Å². The van der Waals surface area contributed by atoms with Crippen LogP contribution in [0.4, 0.5) is 0 Å². The molecule has 22 heavy (non-hydrogen) atoms. The molecule has 2 amide bonds. The van der Waals surface area contributed by atoms with E-state index >= 15 is 0 Å². The minimum absolute atomic E-state index is 0.0515. The molecule has 1 heterocycles. The third kappa shape index (κ3) is 4.45. The monoisotopic (exact) mass is 323 g/mol. The van der Waals surface area contributed by atoms with Gasteiger partial charge < -0.3 is 15.5 Å². The molecule has 0 bridgehead atoms. The van der Waals surface area contributed by atoms with Crippen molar-refractivity contribution in [1.29, 1.82) is 0 Å². The standard InChI is InChI=1S/C16H22ClN3O2/c1-2-4-15(21)19-11-16(22)20-8-7-18-10-14(20)12-5-3-6-13(17)9-12/h3,5-6,9,14,18H,2,4,7-8,10-11H2,1H3,(H,19,21). The molecule has 1 fully saturated rings. The highest BCUT2D eigenvalue weighted by Crippen LogP contribution is 2.24. The van der Waals surface area contributed by atoms with E-state index in [1.54, 1.807) is 0 Å². The highest BCUT2D eigenvalue weighted by molar-refractivity contribution is 6.30. The van der Waals surface area contributed by atoms with E-state index in [0.717, 1.165) is 18.5 Å². The molecule has 1 saturated heterocycles. The molecule has 2 N–H and O–H groups in total. The van der Waals surface area contributed by atoms with E-state index in [-0.39, 0.29) is 24.4 Å². The van der Waals surface area contributed by atoms with Crippen molar-refractivity contribution < 1.29 is 9.59 Å². The number of benzene rings is 1. The fourth-order valence-corrected chi connectivity index (χ4v) is 2.80. The molecule has 1 aliphatic heterocycles. The Kier molecular flexibility index (Phi) is 6.21. The van der Waals surface area contributed by atoms with Crippen molar-refractivity contribution in [2.24, 2.45) is 0 Å². The fourth-order valence-electron chi connectivity index (χ4n) is 2.61. The highest BCUT2D eigenvalue weighted by Gasteiger charge is 2.27. The van der Waals surface area contributed by atoms with Crippen molar-refractivity contribution in [2.45, 2.75) is 25.8 Å². The summed E-state index contributed by atoms with van der Waals surface area (Å²) in [6.45, 7) is 4.06.